The van der Waals surface area contributed by atoms with Gasteiger partial charge in [-0.15, -0.1) is 0 Å². The van der Waals surface area contributed by atoms with Gasteiger partial charge in [-0.05, 0) is 0 Å². The van der Waals surface area contributed by atoms with Gasteiger partial charge in [-0.3, -0.25) is 0 Å². The van der Waals surface area contributed by atoms with Crippen LogP contribution in [0.25, 0.3) is 0 Å². The summed E-state index contributed by atoms with van der Waals surface area (Å²) in [6, 6.07) is 0. The molecular formula is C4H4FN3. The van der Waals surface area contributed by atoms with Crippen molar-refractivity contribution < 1.29 is 4.39 Å². The molecule has 0 aliphatic rings. The number of rotatable bonds is 0. The zero-order valence-corrected chi connectivity index (χ0v) is 4.00. The van der Waals surface area contributed by atoms with Gasteiger partial charge in [0.1, 0.15) is 6.33 Å². The molecule has 2 N–H and O–H groups in total. The van der Waals surface area contributed by atoms with Crippen LogP contribution in [0.4, 0.5) is 10.2 Å². The molecule has 4 heteroatoms. The third-order valence-electron chi connectivity index (χ3n) is 0.696. The molecule has 0 unspecified atom stereocenters. The molecule has 0 aliphatic heterocycles. The van der Waals surface area contributed by atoms with Gasteiger partial charge in [-0.25, -0.2) is 14.4 Å². The predicted molar refractivity (Wildman–Crippen MR) is 26.4 cm³/mol. The highest BCUT2D eigenvalue weighted by molar-refractivity contribution is 5.25. The number of aromatic nitrogens is 2. The average molecular weight is 113 g/mol. The fourth-order valence-electron chi connectivity index (χ4n) is 0.322. The van der Waals surface area contributed by atoms with Crippen molar-refractivity contribution in [2.45, 2.75) is 0 Å². The van der Waals surface area contributed by atoms with Gasteiger partial charge in [0.05, 0.1) is 6.20 Å². The predicted octanol–water partition coefficient (Wildman–Crippen LogP) is 0.198. The molecule has 0 saturated heterocycles. The molecule has 0 aliphatic carbocycles. The number of hydrogen-bond acceptors (Lipinski definition) is 3. The van der Waals surface area contributed by atoms with Crippen molar-refractivity contribution in [3.05, 3.63) is 18.3 Å². The minimum Gasteiger partial charge on any atom is -0.381 e. The molecule has 0 fully saturated rings. The minimum absolute atomic E-state index is 0.111. The van der Waals surface area contributed by atoms with E-state index < -0.39 is 5.82 Å². The maximum Gasteiger partial charge on any atom is 0.183 e. The second-order valence-corrected chi connectivity index (χ2v) is 1.26. The van der Waals surface area contributed by atoms with Crippen LogP contribution in [0.5, 0.6) is 0 Å². The molecule has 1 aromatic heterocycles. The zero-order valence-electron chi connectivity index (χ0n) is 4.00. The van der Waals surface area contributed by atoms with Crippen LogP contribution in [0.3, 0.4) is 0 Å². The van der Waals surface area contributed by atoms with E-state index in [1.165, 1.54) is 6.33 Å². The fourth-order valence-corrected chi connectivity index (χ4v) is 0.322. The van der Waals surface area contributed by atoms with Crippen molar-refractivity contribution in [1.29, 1.82) is 0 Å². The van der Waals surface area contributed by atoms with E-state index in [0.29, 0.717) is 0 Å². The fraction of sp³-hybridized carbons (Fsp3) is 0. The minimum atomic E-state index is -0.576. The van der Waals surface area contributed by atoms with Crippen molar-refractivity contribution >= 4 is 5.82 Å². The summed E-state index contributed by atoms with van der Waals surface area (Å²) in [4.78, 5) is 6.75. The number of hydrogen-bond donors (Lipinski definition) is 1. The Bertz CT molecular complexity index is 167. The first kappa shape index (κ1) is 4.96. The first-order valence-corrected chi connectivity index (χ1v) is 2.01. The Labute approximate surface area is 45.4 Å². The number of halogens is 1. The monoisotopic (exact) mass is 113 g/mol. The average Bonchev–Trinajstić information content (AvgIpc) is 1.77. The maximum atomic E-state index is 12.1. The van der Waals surface area contributed by atoms with E-state index in [1.807, 2.05) is 0 Å². The number of nitrogens with two attached hydrogens (primary N) is 1. The number of nitrogens with zero attached hydrogens (tertiary/aromatic N) is 2. The number of anilines is 1. The highest BCUT2D eigenvalue weighted by Crippen LogP contribution is 1.98. The van der Waals surface area contributed by atoms with Crippen LogP contribution in [0.15, 0.2) is 12.5 Å². The molecule has 42 valence electrons. The molecular weight excluding hydrogens is 109 g/mol. The summed E-state index contributed by atoms with van der Waals surface area (Å²) < 4.78 is 12.1. The van der Waals surface area contributed by atoms with Crippen molar-refractivity contribution in [1.82, 2.24) is 9.97 Å². The van der Waals surface area contributed by atoms with Crippen LogP contribution in [0.1, 0.15) is 0 Å². The molecule has 1 heterocycles. The SMILES string of the molecule is Nc1ncncc1F. The largest absolute Gasteiger partial charge is 0.381 e. The third-order valence-corrected chi connectivity index (χ3v) is 0.696. The Balaban J connectivity index is 3.13. The van der Waals surface area contributed by atoms with Crippen molar-refractivity contribution in [2.75, 3.05) is 5.73 Å². The normalized spacial score (nSPS) is 9.12. The van der Waals surface area contributed by atoms with Gasteiger partial charge in [0, 0.05) is 0 Å². The third kappa shape index (κ3) is 0.726. The smallest absolute Gasteiger partial charge is 0.183 e. The summed E-state index contributed by atoms with van der Waals surface area (Å²) >= 11 is 0. The van der Waals surface area contributed by atoms with E-state index in [1.54, 1.807) is 0 Å². The summed E-state index contributed by atoms with van der Waals surface area (Å²) in [6.07, 6.45) is 2.21. The highest BCUT2D eigenvalue weighted by Gasteiger charge is 1.92. The Morgan fingerprint density at radius 3 is 2.75 bits per heavy atom. The maximum absolute atomic E-state index is 12.1. The van der Waals surface area contributed by atoms with Crippen molar-refractivity contribution in [2.24, 2.45) is 0 Å². The second-order valence-electron chi connectivity index (χ2n) is 1.26. The lowest BCUT2D eigenvalue weighted by Gasteiger charge is -1.87. The molecule has 8 heavy (non-hydrogen) atoms. The summed E-state index contributed by atoms with van der Waals surface area (Å²) in [6.45, 7) is 0. The van der Waals surface area contributed by atoms with Gasteiger partial charge in [-0.2, -0.15) is 0 Å². The zero-order chi connectivity index (χ0) is 5.98. The lowest BCUT2D eigenvalue weighted by molar-refractivity contribution is 0.619. The molecule has 0 amide bonds. The van der Waals surface area contributed by atoms with Gasteiger partial charge in [0.15, 0.2) is 11.6 Å². The van der Waals surface area contributed by atoms with E-state index >= 15 is 0 Å². The van der Waals surface area contributed by atoms with E-state index in [9.17, 15) is 4.39 Å². The molecule has 0 radical (unpaired) electrons. The summed E-state index contributed by atoms with van der Waals surface area (Å²) in [7, 11) is 0. The molecule has 1 aromatic rings. The van der Waals surface area contributed by atoms with Crippen LogP contribution >= 0.6 is 0 Å². The molecule has 0 bridgehead atoms. The van der Waals surface area contributed by atoms with Crippen LogP contribution in [-0.2, 0) is 0 Å². The van der Waals surface area contributed by atoms with E-state index in [0.717, 1.165) is 6.20 Å². The van der Waals surface area contributed by atoms with Gasteiger partial charge < -0.3 is 5.73 Å². The van der Waals surface area contributed by atoms with Crippen molar-refractivity contribution in [3.8, 4) is 0 Å². The second kappa shape index (κ2) is 1.73. The van der Waals surface area contributed by atoms with Crippen molar-refractivity contribution in [3.63, 3.8) is 0 Å². The van der Waals surface area contributed by atoms with Gasteiger partial charge >= 0.3 is 0 Å². The Hall–Kier alpha value is -1.19. The summed E-state index contributed by atoms with van der Waals surface area (Å²) in [5.74, 6) is -0.687. The molecule has 0 aromatic carbocycles. The Morgan fingerprint density at radius 1 is 1.62 bits per heavy atom. The summed E-state index contributed by atoms with van der Waals surface area (Å²) in [5.41, 5.74) is 4.99. The molecule has 3 nitrogen and oxygen atoms in total. The number of nitrogen functional groups attached to an aromatic ring is 1. The quantitative estimate of drug-likeness (QED) is 0.522. The van der Waals surface area contributed by atoms with E-state index in [2.05, 4.69) is 9.97 Å². The lowest BCUT2D eigenvalue weighted by Crippen LogP contribution is -1.93. The topological polar surface area (TPSA) is 51.8 Å². The van der Waals surface area contributed by atoms with Gasteiger partial charge in [0.25, 0.3) is 0 Å². The standard InChI is InChI=1S/C4H4FN3/c5-3-1-7-2-8-4(3)6/h1-2H,(H2,6,7,8). The lowest BCUT2D eigenvalue weighted by atomic mass is 10.6. The molecule has 0 saturated carbocycles. The highest BCUT2D eigenvalue weighted by atomic mass is 19.1. The van der Waals surface area contributed by atoms with Gasteiger partial charge in [-0.1, -0.05) is 0 Å². The molecule has 1 rings (SSSR count). The first-order valence-electron chi connectivity index (χ1n) is 2.01. The van der Waals surface area contributed by atoms with Crippen LogP contribution in [0, 0.1) is 5.82 Å². The van der Waals surface area contributed by atoms with E-state index in [4.69, 9.17) is 5.73 Å². The van der Waals surface area contributed by atoms with E-state index in [-0.39, 0.29) is 5.82 Å². The molecule has 0 atom stereocenters. The summed E-state index contributed by atoms with van der Waals surface area (Å²) in [5, 5.41) is 0. The Morgan fingerprint density at radius 2 is 2.38 bits per heavy atom. The Kier molecular flexibility index (Phi) is 1.07. The van der Waals surface area contributed by atoms with Crippen LogP contribution in [0.2, 0.25) is 0 Å². The van der Waals surface area contributed by atoms with Gasteiger partial charge in [0.2, 0.25) is 0 Å². The molecule has 0 spiro atoms. The first-order chi connectivity index (χ1) is 3.80. The van der Waals surface area contributed by atoms with Crippen LogP contribution < -0.4 is 5.73 Å². The van der Waals surface area contributed by atoms with Crippen LogP contribution in [-0.4, -0.2) is 9.97 Å².